The van der Waals surface area contributed by atoms with Gasteiger partial charge in [0.05, 0.1) is 4.47 Å². The molecular weight excluding hydrogens is 232 g/mol. The zero-order valence-corrected chi connectivity index (χ0v) is 9.13. The quantitative estimate of drug-likeness (QED) is 0.758. The van der Waals surface area contributed by atoms with Crippen LogP contribution < -0.4 is 4.74 Å². The first kappa shape index (κ1) is 10.5. The lowest BCUT2D eigenvalue weighted by atomic mass is 10.2. The lowest BCUT2D eigenvalue weighted by Crippen LogP contribution is -1.99. The molecule has 0 atom stereocenters. The summed E-state index contributed by atoms with van der Waals surface area (Å²) in [6.45, 7) is 4.07. The van der Waals surface area contributed by atoms with Gasteiger partial charge in [-0.15, -0.1) is 0 Å². The molecule has 71 valence electrons. The van der Waals surface area contributed by atoms with Crippen LogP contribution >= 0.6 is 15.9 Å². The van der Waals surface area contributed by atoms with Crippen LogP contribution in [0, 0.1) is 6.92 Å². The molecule has 0 aliphatic rings. The van der Waals surface area contributed by atoms with E-state index in [1.807, 2.05) is 18.2 Å². The van der Waals surface area contributed by atoms with Gasteiger partial charge in [0.2, 0.25) is 0 Å². The van der Waals surface area contributed by atoms with Crippen molar-refractivity contribution >= 4 is 15.9 Å². The van der Waals surface area contributed by atoms with Crippen molar-refractivity contribution in [1.29, 1.82) is 0 Å². The van der Waals surface area contributed by atoms with E-state index in [2.05, 4.69) is 22.9 Å². The van der Waals surface area contributed by atoms with Crippen molar-refractivity contribution in [3.8, 4) is 5.75 Å². The summed E-state index contributed by atoms with van der Waals surface area (Å²) in [5, 5.41) is 0. The molecule has 0 N–H and O–H groups in total. The summed E-state index contributed by atoms with van der Waals surface area (Å²) in [4.78, 5) is 0. The van der Waals surface area contributed by atoms with Crippen LogP contribution in [0.5, 0.6) is 5.75 Å². The SMILES string of the molecule is [CH2]Cc1ccc(OCOC)c(Br)c1. The lowest BCUT2D eigenvalue weighted by Gasteiger charge is -2.07. The van der Waals surface area contributed by atoms with Gasteiger partial charge in [-0.05, 0) is 47.0 Å². The first-order chi connectivity index (χ1) is 6.27. The summed E-state index contributed by atoms with van der Waals surface area (Å²) in [6.07, 6.45) is 0.781. The number of methoxy groups -OCH3 is 1. The molecule has 1 rings (SSSR count). The molecule has 0 bridgehead atoms. The minimum atomic E-state index is 0.266. The van der Waals surface area contributed by atoms with Gasteiger partial charge in [0, 0.05) is 7.11 Å². The second kappa shape index (κ2) is 5.25. The number of benzene rings is 1. The second-order valence-corrected chi connectivity index (χ2v) is 3.42. The van der Waals surface area contributed by atoms with E-state index in [0.29, 0.717) is 0 Å². The number of halogens is 1. The van der Waals surface area contributed by atoms with Crippen molar-refractivity contribution in [2.45, 2.75) is 6.42 Å². The van der Waals surface area contributed by atoms with Crippen LogP contribution in [0.1, 0.15) is 5.56 Å². The third kappa shape index (κ3) is 3.01. The fourth-order valence-electron chi connectivity index (χ4n) is 0.939. The summed E-state index contributed by atoms with van der Waals surface area (Å²) in [6, 6.07) is 5.89. The van der Waals surface area contributed by atoms with Crippen molar-refractivity contribution in [1.82, 2.24) is 0 Å². The van der Waals surface area contributed by atoms with Gasteiger partial charge in [-0.3, -0.25) is 0 Å². The largest absolute Gasteiger partial charge is 0.466 e. The van der Waals surface area contributed by atoms with Crippen LogP contribution in [-0.2, 0) is 11.2 Å². The van der Waals surface area contributed by atoms with Crippen molar-refractivity contribution in [2.75, 3.05) is 13.9 Å². The smallest absolute Gasteiger partial charge is 0.188 e. The van der Waals surface area contributed by atoms with E-state index >= 15 is 0 Å². The lowest BCUT2D eigenvalue weighted by molar-refractivity contribution is 0.0506. The normalized spacial score (nSPS) is 10.1. The highest BCUT2D eigenvalue weighted by Crippen LogP contribution is 2.25. The van der Waals surface area contributed by atoms with Crippen molar-refractivity contribution in [3.05, 3.63) is 35.2 Å². The number of hydrogen-bond acceptors (Lipinski definition) is 2. The van der Waals surface area contributed by atoms with Gasteiger partial charge in [0.25, 0.3) is 0 Å². The van der Waals surface area contributed by atoms with Crippen LogP contribution in [0.4, 0.5) is 0 Å². The fourth-order valence-corrected chi connectivity index (χ4v) is 1.48. The molecule has 1 aromatic carbocycles. The molecule has 0 heterocycles. The molecule has 2 nitrogen and oxygen atoms in total. The van der Waals surface area contributed by atoms with E-state index in [4.69, 9.17) is 9.47 Å². The molecule has 0 amide bonds. The Hall–Kier alpha value is -0.540. The summed E-state index contributed by atoms with van der Waals surface area (Å²) >= 11 is 3.41. The van der Waals surface area contributed by atoms with Gasteiger partial charge in [0.1, 0.15) is 5.75 Å². The minimum Gasteiger partial charge on any atom is -0.466 e. The van der Waals surface area contributed by atoms with Gasteiger partial charge >= 0.3 is 0 Å². The van der Waals surface area contributed by atoms with E-state index in [9.17, 15) is 0 Å². The van der Waals surface area contributed by atoms with Gasteiger partial charge in [-0.2, -0.15) is 0 Å². The molecule has 0 unspecified atom stereocenters. The average Bonchev–Trinajstić information content (AvgIpc) is 2.16. The van der Waals surface area contributed by atoms with E-state index in [-0.39, 0.29) is 6.79 Å². The van der Waals surface area contributed by atoms with Crippen molar-refractivity contribution < 1.29 is 9.47 Å². The van der Waals surface area contributed by atoms with Crippen LogP contribution in [0.2, 0.25) is 0 Å². The van der Waals surface area contributed by atoms with Gasteiger partial charge in [0.15, 0.2) is 6.79 Å². The van der Waals surface area contributed by atoms with E-state index in [1.54, 1.807) is 7.11 Å². The summed E-state index contributed by atoms with van der Waals surface area (Å²) in [5.41, 5.74) is 1.18. The van der Waals surface area contributed by atoms with Crippen LogP contribution in [0.15, 0.2) is 22.7 Å². The molecule has 0 aromatic heterocycles. The zero-order chi connectivity index (χ0) is 9.68. The molecule has 0 aliphatic heterocycles. The number of ether oxygens (including phenoxy) is 2. The molecule has 0 fully saturated rings. The molecule has 0 aliphatic carbocycles. The Morgan fingerprint density at radius 3 is 2.77 bits per heavy atom. The predicted octanol–water partition coefficient (Wildman–Crippen LogP) is 2.81. The molecule has 3 heteroatoms. The van der Waals surface area contributed by atoms with E-state index in [0.717, 1.165) is 16.6 Å². The van der Waals surface area contributed by atoms with E-state index < -0.39 is 0 Å². The predicted molar refractivity (Wildman–Crippen MR) is 55.7 cm³/mol. The Bertz CT molecular complexity index is 274. The average molecular weight is 244 g/mol. The van der Waals surface area contributed by atoms with E-state index in [1.165, 1.54) is 5.56 Å². The maximum absolute atomic E-state index is 5.30. The van der Waals surface area contributed by atoms with Crippen LogP contribution in [0.25, 0.3) is 0 Å². The maximum atomic E-state index is 5.30. The van der Waals surface area contributed by atoms with Crippen molar-refractivity contribution in [3.63, 3.8) is 0 Å². The van der Waals surface area contributed by atoms with Crippen molar-refractivity contribution in [2.24, 2.45) is 0 Å². The third-order valence-electron chi connectivity index (χ3n) is 1.62. The zero-order valence-electron chi connectivity index (χ0n) is 7.55. The molecule has 1 aromatic rings. The third-order valence-corrected chi connectivity index (χ3v) is 2.24. The van der Waals surface area contributed by atoms with Gasteiger partial charge < -0.3 is 9.47 Å². The Morgan fingerprint density at radius 2 is 2.23 bits per heavy atom. The highest BCUT2D eigenvalue weighted by molar-refractivity contribution is 9.10. The van der Waals surface area contributed by atoms with Crippen LogP contribution in [-0.4, -0.2) is 13.9 Å². The summed E-state index contributed by atoms with van der Waals surface area (Å²) in [5.74, 6) is 0.791. The first-order valence-electron chi connectivity index (χ1n) is 3.97. The Balaban J connectivity index is 2.73. The summed E-state index contributed by atoms with van der Waals surface area (Å²) < 4.78 is 11.0. The molecule has 13 heavy (non-hydrogen) atoms. The highest BCUT2D eigenvalue weighted by atomic mass is 79.9. The van der Waals surface area contributed by atoms with Gasteiger partial charge in [-0.25, -0.2) is 0 Å². The Morgan fingerprint density at radius 1 is 1.46 bits per heavy atom. The van der Waals surface area contributed by atoms with Gasteiger partial charge in [-0.1, -0.05) is 6.07 Å². The Labute approximate surface area is 87.0 Å². The maximum Gasteiger partial charge on any atom is 0.188 e. The molecule has 1 radical (unpaired) electrons. The second-order valence-electron chi connectivity index (χ2n) is 2.57. The van der Waals surface area contributed by atoms with Crippen LogP contribution in [0.3, 0.4) is 0 Å². The molecular formula is C10H12BrO2. The standard InChI is InChI=1S/C10H12BrO2/c1-3-8-4-5-10(9(11)6-8)13-7-12-2/h4-6H,1,3,7H2,2H3. The Kier molecular flexibility index (Phi) is 4.25. The molecule has 0 spiro atoms. The number of rotatable bonds is 4. The number of hydrogen-bond donors (Lipinski definition) is 0. The summed E-state index contributed by atoms with van der Waals surface area (Å²) in [7, 11) is 1.60. The minimum absolute atomic E-state index is 0.266. The topological polar surface area (TPSA) is 18.5 Å². The monoisotopic (exact) mass is 243 g/mol. The first-order valence-corrected chi connectivity index (χ1v) is 4.76. The fraction of sp³-hybridized carbons (Fsp3) is 0.300. The molecule has 0 saturated carbocycles. The molecule has 0 saturated heterocycles. The highest BCUT2D eigenvalue weighted by Gasteiger charge is 2.00.